The number of benzene rings is 2. The first-order valence-electron chi connectivity index (χ1n) is 11.6. The van der Waals surface area contributed by atoms with Crippen LogP contribution in [0.2, 0.25) is 5.02 Å². The molecule has 2 aromatic carbocycles. The van der Waals surface area contributed by atoms with E-state index >= 15 is 0 Å². The summed E-state index contributed by atoms with van der Waals surface area (Å²) in [4.78, 5) is 32.1. The molecule has 34 heavy (non-hydrogen) atoms. The lowest BCUT2D eigenvalue weighted by molar-refractivity contribution is -0.138. The first kappa shape index (κ1) is 23.8. The standard InChI is InChI=1S/C26H29ClN4O3/c1-3-30(25(33)19-6-4-5-7-19)17-24(32)29-26-28-23(18-8-10-20(27)11-9-18)16-31(26)21-12-14-22(34-2)15-13-21/h8-16,19H,3-7,17H2,1-2H3,(H,28,29,32). The smallest absolute Gasteiger partial charge is 0.246 e. The van der Waals surface area contributed by atoms with Gasteiger partial charge in [0, 0.05) is 34.9 Å². The van der Waals surface area contributed by atoms with Gasteiger partial charge in [0.05, 0.1) is 19.3 Å². The van der Waals surface area contributed by atoms with E-state index in [2.05, 4.69) is 10.3 Å². The van der Waals surface area contributed by atoms with E-state index in [0.29, 0.717) is 23.2 Å². The van der Waals surface area contributed by atoms with Crippen molar-refractivity contribution in [3.8, 4) is 22.7 Å². The van der Waals surface area contributed by atoms with E-state index in [9.17, 15) is 9.59 Å². The molecular weight excluding hydrogens is 452 g/mol. The molecule has 2 amide bonds. The van der Waals surface area contributed by atoms with Crippen molar-refractivity contribution in [3.05, 3.63) is 59.8 Å². The van der Waals surface area contributed by atoms with Gasteiger partial charge in [0.25, 0.3) is 0 Å². The van der Waals surface area contributed by atoms with E-state index in [1.54, 1.807) is 24.1 Å². The number of hydrogen-bond acceptors (Lipinski definition) is 4. The number of nitrogens with one attached hydrogen (secondary N) is 1. The summed E-state index contributed by atoms with van der Waals surface area (Å²) < 4.78 is 7.08. The monoisotopic (exact) mass is 480 g/mol. The molecule has 178 valence electrons. The Morgan fingerprint density at radius 2 is 1.79 bits per heavy atom. The zero-order valence-corrected chi connectivity index (χ0v) is 20.2. The van der Waals surface area contributed by atoms with Crippen molar-refractivity contribution in [2.24, 2.45) is 5.92 Å². The molecule has 0 atom stereocenters. The Labute approximate surface area is 204 Å². The van der Waals surface area contributed by atoms with Crippen molar-refractivity contribution >= 4 is 29.4 Å². The molecule has 3 aromatic rings. The largest absolute Gasteiger partial charge is 0.497 e. The molecule has 8 heteroatoms. The van der Waals surface area contributed by atoms with Crippen LogP contribution in [0.5, 0.6) is 5.75 Å². The van der Waals surface area contributed by atoms with Gasteiger partial charge in [-0.25, -0.2) is 4.98 Å². The summed E-state index contributed by atoms with van der Waals surface area (Å²) in [6.07, 6.45) is 5.83. The van der Waals surface area contributed by atoms with Crippen LogP contribution < -0.4 is 10.1 Å². The van der Waals surface area contributed by atoms with Crippen LogP contribution in [0.1, 0.15) is 32.6 Å². The molecule has 0 bridgehead atoms. The summed E-state index contributed by atoms with van der Waals surface area (Å²) in [6.45, 7) is 2.39. The van der Waals surface area contributed by atoms with E-state index in [4.69, 9.17) is 16.3 Å². The summed E-state index contributed by atoms with van der Waals surface area (Å²) in [5, 5.41) is 3.55. The van der Waals surface area contributed by atoms with Gasteiger partial charge in [-0.3, -0.25) is 19.5 Å². The number of amides is 2. The van der Waals surface area contributed by atoms with Crippen LogP contribution in [0.3, 0.4) is 0 Å². The fourth-order valence-electron chi connectivity index (χ4n) is 4.28. The van der Waals surface area contributed by atoms with Crippen LogP contribution in [-0.4, -0.2) is 46.5 Å². The van der Waals surface area contributed by atoms with Crippen molar-refractivity contribution in [1.82, 2.24) is 14.5 Å². The molecule has 0 radical (unpaired) electrons. The van der Waals surface area contributed by atoms with Gasteiger partial charge in [-0.1, -0.05) is 36.6 Å². The molecule has 4 rings (SSSR count). The predicted molar refractivity (Wildman–Crippen MR) is 133 cm³/mol. The molecule has 1 aromatic heterocycles. The predicted octanol–water partition coefficient (Wildman–Crippen LogP) is 5.18. The van der Waals surface area contributed by atoms with Gasteiger partial charge in [0.15, 0.2) is 0 Å². The second-order valence-corrected chi connectivity index (χ2v) is 8.84. The van der Waals surface area contributed by atoms with Gasteiger partial charge >= 0.3 is 0 Å². The fourth-order valence-corrected chi connectivity index (χ4v) is 4.41. The van der Waals surface area contributed by atoms with Crippen LogP contribution in [0.15, 0.2) is 54.7 Å². The quantitative estimate of drug-likeness (QED) is 0.482. The number of imidazole rings is 1. The Bertz CT molecular complexity index is 1140. The molecule has 1 fully saturated rings. The Hall–Kier alpha value is -3.32. The zero-order valence-electron chi connectivity index (χ0n) is 19.5. The molecule has 1 N–H and O–H groups in total. The number of methoxy groups -OCH3 is 1. The third-order valence-electron chi connectivity index (χ3n) is 6.18. The van der Waals surface area contributed by atoms with E-state index in [1.807, 2.05) is 54.1 Å². The number of carbonyl (C=O) groups is 2. The second kappa shape index (κ2) is 10.7. The van der Waals surface area contributed by atoms with Gasteiger partial charge in [-0.2, -0.15) is 0 Å². The van der Waals surface area contributed by atoms with Crippen LogP contribution >= 0.6 is 11.6 Å². The average molecular weight is 481 g/mol. The molecule has 1 aliphatic rings. The van der Waals surface area contributed by atoms with Crippen molar-refractivity contribution in [2.75, 3.05) is 25.5 Å². The molecule has 0 saturated heterocycles. The Morgan fingerprint density at radius 1 is 1.12 bits per heavy atom. The third kappa shape index (κ3) is 5.42. The highest BCUT2D eigenvalue weighted by molar-refractivity contribution is 6.30. The Morgan fingerprint density at radius 3 is 2.41 bits per heavy atom. The minimum atomic E-state index is -0.281. The summed E-state index contributed by atoms with van der Waals surface area (Å²) in [7, 11) is 1.61. The molecule has 7 nitrogen and oxygen atoms in total. The average Bonchev–Trinajstić information content (AvgIpc) is 3.53. The molecule has 1 heterocycles. The Kier molecular flexibility index (Phi) is 7.53. The highest BCUT2D eigenvalue weighted by Crippen LogP contribution is 2.28. The van der Waals surface area contributed by atoms with E-state index in [0.717, 1.165) is 42.7 Å². The second-order valence-electron chi connectivity index (χ2n) is 8.41. The summed E-state index contributed by atoms with van der Waals surface area (Å²) in [5.41, 5.74) is 2.38. The minimum absolute atomic E-state index is 0.00240. The summed E-state index contributed by atoms with van der Waals surface area (Å²) in [5.74, 6) is 0.929. The normalized spacial score (nSPS) is 13.6. The van der Waals surface area contributed by atoms with Gasteiger partial charge < -0.3 is 9.64 Å². The van der Waals surface area contributed by atoms with Crippen molar-refractivity contribution in [2.45, 2.75) is 32.6 Å². The number of rotatable bonds is 8. The van der Waals surface area contributed by atoms with Gasteiger partial charge in [0.2, 0.25) is 17.8 Å². The maximum atomic E-state index is 13.0. The lowest BCUT2D eigenvalue weighted by atomic mass is 10.1. The number of likely N-dealkylation sites (N-methyl/N-ethyl adjacent to an activating group) is 1. The van der Waals surface area contributed by atoms with Crippen molar-refractivity contribution in [1.29, 1.82) is 0 Å². The van der Waals surface area contributed by atoms with Gasteiger partial charge in [0.1, 0.15) is 5.75 Å². The summed E-state index contributed by atoms with van der Waals surface area (Å²) in [6, 6.07) is 14.9. The number of nitrogens with zero attached hydrogens (tertiary/aromatic N) is 3. The third-order valence-corrected chi connectivity index (χ3v) is 6.43. The van der Waals surface area contributed by atoms with Crippen LogP contribution in [0.25, 0.3) is 16.9 Å². The van der Waals surface area contributed by atoms with Crippen LogP contribution in [0, 0.1) is 5.92 Å². The number of hydrogen-bond donors (Lipinski definition) is 1. The van der Waals surface area contributed by atoms with E-state index in [1.165, 1.54) is 0 Å². The topological polar surface area (TPSA) is 76.5 Å². The number of aromatic nitrogens is 2. The van der Waals surface area contributed by atoms with E-state index < -0.39 is 0 Å². The maximum Gasteiger partial charge on any atom is 0.246 e. The Balaban J connectivity index is 1.58. The molecule has 1 aliphatic carbocycles. The number of ether oxygens (including phenoxy) is 1. The highest BCUT2D eigenvalue weighted by Gasteiger charge is 2.28. The van der Waals surface area contributed by atoms with Crippen molar-refractivity contribution in [3.63, 3.8) is 0 Å². The van der Waals surface area contributed by atoms with Crippen LogP contribution in [0.4, 0.5) is 5.95 Å². The molecular formula is C26H29ClN4O3. The van der Waals surface area contributed by atoms with E-state index in [-0.39, 0.29) is 24.3 Å². The maximum absolute atomic E-state index is 13.0. The first-order valence-corrected chi connectivity index (χ1v) is 11.9. The fraction of sp³-hybridized carbons (Fsp3) is 0.346. The minimum Gasteiger partial charge on any atom is -0.497 e. The SMILES string of the molecule is CCN(CC(=O)Nc1nc(-c2ccc(Cl)cc2)cn1-c1ccc(OC)cc1)C(=O)C1CCCC1. The van der Waals surface area contributed by atoms with Crippen molar-refractivity contribution < 1.29 is 14.3 Å². The summed E-state index contributed by atoms with van der Waals surface area (Å²) >= 11 is 6.04. The van der Waals surface area contributed by atoms with Gasteiger partial charge in [-0.15, -0.1) is 0 Å². The molecule has 1 saturated carbocycles. The first-order chi connectivity index (χ1) is 16.5. The molecule has 0 aliphatic heterocycles. The number of halogens is 1. The van der Waals surface area contributed by atoms with Gasteiger partial charge in [-0.05, 0) is 56.2 Å². The molecule has 0 spiro atoms. The highest BCUT2D eigenvalue weighted by atomic mass is 35.5. The molecule has 0 unspecified atom stereocenters. The number of anilines is 1. The zero-order chi connectivity index (χ0) is 24.1. The van der Waals surface area contributed by atoms with Crippen LogP contribution in [-0.2, 0) is 9.59 Å². The lowest BCUT2D eigenvalue weighted by Crippen LogP contribution is -2.40. The number of carbonyl (C=O) groups excluding carboxylic acids is 2. The lowest BCUT2D eigenvalue weighted by Gasteiger charge is -2.23.